The molecule has 4 rings (SSSR count). The fraction of sp³-hybridized carbons (Fsp3) is 0.304. The topological polar surface area (TPSA) is 74.0 Å². The Balaban J connectivity index is 1.49. The third-order valence-electron chi connectivity index (χ3n) is 5.60. The van der Waals surface area contributed by atoms with Crippen LogP contribution in [-0.2, 0) is 17.8 Å². The Labute approximate surface area is 164 Å². The molecule has 0 unspecified atom stereocenters. The molecule has 2 heterocycles. The lowest BCUT2D eigenvalue weighted by Gasteiger charge is -2.13. The zero-order valence-electron chi connectivity index (χ0n) is 16.5. The number of rotatable bonds is 5. The minimum absolute atomic E-state index is 0.0735. The smallest absolute Gasteiger partial charge is 0.252 e. The number of nitrogens with one attached hydrogen (secondary N) is 3. The number of aryl methyl sites for hydroxylation is 3. The quantitative estimate of drug-likeness (QED) is 0.634. The number of carbonyl (C=O) groups excluding carboxylic acids is 2. The van der Waals surface area contributed by atoms with Gasteiger partial charge in [0.05, 0.1) is 18.0 Å². The highest BCUT2D eigenvalue weighted by atomic mass is 16.2. The Bertz CT molecular complexity index is 1080. The number of aromatic amines is 1. The van der Waals surface area contributed by atoms with Crippen molar-refractivity contribution in [2.75, 3.05) is 0 Å². The van der Waals surface area contributed by atoms with Crippen LogP contribution in [-0.4, -0.2) is 16.8 Å². The van der Waals surface area contributed by atoms with Crippen molar-refractivity contribution in [2.45, 2.75) is 46.2 Å². The van der Waals surface area contributed by atoms with Crippen LogP contribution in [0.4, 0.5) is 0 Å². The van der Waals surface area contributed by atoms with Gasteiger partial charge in [-0.3, -0.25) is 9.59 Å². The standard InChI is InChI=1S/C23H25N3O2/c1-4-19-14(3)18-10-13(2)9-15(22(18)25-19)12-24-21(27)11-20-16-7-5-6-8-17(16)23(28)26-20/h5-10,20,25H,4,11-12H2,1-3H3,(H,24,27)(H,26,28)/t20-/m0/s1. The summed E-state index contributed by atoms with van der Waals surface area (Å²) in [7, 11) is 0. The van der Waals surface area contributed by atoms with E-state index in [0.29, 0.717) is 12.1 Å². The van der Waals surface area contributed by atoms with Gasteiger partial charge in [0.25, 0.3) is 5.91 Å². The molecule has 1 aromatic heterocycles. The predicted octanol–water partition coefficient (Wildman–Crippen LogP) is 3.84. The van der Waals surface area contributed by atoms with E-state index in [4.69, 9.17) is 0 Å². The second-order valence-corrected chi connectivity index (χ2v) is 7.52. The molecule has 1 aliphatic rings. The van der Waals surface area contributed by atoms with E-state index in [9.17, 15) is 9.59 Å². The molecule has 28 heavy (non-hydrogen) atoms. The van der Waals surface area contributed by atoms with Crippen molar-refractivity contribution in [3.8, 4) is 0 Å². The maximum absolute atomic E-state index is 12.6. The van der Waals surface area contributed by atoms with Gasteiger partial charge in [-0.1, -0.05) is 36.8 Å². The van der Waals surface area contributed by atoms with E-state index in [0.717, 1.165) is 23.1 Å². The first-order valence-corrected chi connectivity index (χ1v) is 9.75. The molecule has 0 saturated carbocycles. The summed E-state index contributed by atoms with van der Waals surface area (Å²) < 4.78 is 0. The molecule has 1 atom stereocenters. The van der Waals surface area contributed by atoms with E-state index in [1.165, 1.54) is 22.2 Å². The van der Waals surface area contributed by atoms with Gasteiger partial charge in [-0.25, -0.2) is 0 Å². The Hall–Kier alpha value is -3.08. The normalized spacial score (nSPS) is 15.5. The highest BCUT2D eigenvalue weighted by molar-refractivity contribution is 5.99. The molecular formula is C23H25N3O2. The van der Waals surface area contributed by atoms with Crippen LogP contribution in [0.5, 0.6) is 0 Å². The van der Waals surface area contributed by atoms with Gasteiger partial charge in [-0.2, -0.15) is 0 Å². The number of carbonyl (C=O) groups is 2. The van der Waals surface area contributed by atoms with Crippen LogP contribution >= 0.6 is 0 Å². The first kappa shape index (κ1) is 18.3. The molecule has 1 aliphatic heterocycles. The van der Waals surface area contributed by atoms with Crippen LogP contribution in [0, 0.1) is 13.8 Å². The average Bonchev–Trinajstić information content (AvgIpc) is 3.17. The molecule has 3 aromatic rings. The van der Waals surface area contributed by atoms with Gasteiger partial charge in [0.2, 0.25) is 5.91 Å². The molecule has 5 nitrogen and oxygen atoms in total. The largest absolute Gasteiger partial charge is 0.358 e. The summed E-state index contributed by atoms with van der Waals surface area (Å²) in [5, 5.41) is 7.15. The fourth-order valence-electron chi connectivity index (χ4n) is 4.14. The van der Waals surface area contributed by atoms with Crippen molar-refractivity contribution in [1.82, 2.24) is 15.6 Å². The van der Waals surface area contributed by atoms with Gasteiger partial charge >= 0.3 is 0 Å². The molecule has 0 spiro atoms. The summed E-state index contributed by atoms with van der Waals surface area (Å²) in [6, 6.07) is 11.5. The lowest BCUT2D eigenvalue weighted by molar-refractivity contribution is -0.121. The average molecular weight is 375 g/mol. The maximum Gasteiger partial charge on any atom is 0.252 e. The molecule has 5 heteroatoms. The molecule has 0 radical (unpaired) electrons. The lowest BCUT2D eigenvalue weighted by Crippen LogP contribution is -2.28. The van der Waals surface area contributed by atoms with Crippen molar-refractivity contribution < 1.29 is 9.59 Å². The molecular weight excluding hydrogens is 350 g/mol. The third kappa shape index (κ3) is 3.17. The molecule has 0 aliphatic carbocycles. The highest BCUT2D eigenvalue weighted by Crippen LogP contribution is 2.28. The van der Waals surface area contributed by atoms with Crippen LogP contribution < -0.4 is 10.6 Å². The molecule has 3 N–H and O–H groups in total. The maximum atomic E-state index is 12.6. The zero-order valence-corrected chi connectivity index (χ0v) is 16.5. The lowest BCUT2D eigenvalue weighted by atomic mass is 10.0. The van der Waals surface area contributed by atoms with Crippen molar-refractivity contribution >= 4 is 22.7 Å². The Morgan fingerprint density at radius 3 is 2.75 bits per heavy atom. The first-order chi connectivity index (χ1) is 13.5. The van der Waals surface area contributed by atoms with Crippen LogP contribution in [0.3, 0.4) is 0 Å². The third-order valence-corrected chi connectivity index (χ3v) is 5.60. The fourth-order valence-corrected chi connectivity index (χ4v) is 4.14. The number of H-pyrrole nitrogens is 1. The minimum Gasteiger partial charge on any atom is -0.358 e. The van der Waals surface area contributed by atoms with Gasteiger partial charge in [0, 0.05) is 23.2 Å². The molecule has 0 fully saturated rings. The monoisotopic (exact) mass is 375 g/mol. The van der Waals surface area contributed by atoms with E-state index in [2.05, 4.69) is 48.5 Å². The molecule has 2 aromatic carbocycles. The van der Waals surface area contributed by atoms with E-state index in [-0.39, 0.29) is 24.3 Å². The van der Waals surface area contributed by atoms with Crippen LogP contribution in [0.15, 0.2) is 36.4 Å². The Kier molecular flexibility index (Phi) is 4.67. The van der Waals surface area contributed by atoms with E-state index in [1.54, 1.807) is 6.07 Å². The summed E-state index contributed by atoms with van der Waals surface area (Å²) >= 11 is 0. The van der Waals surface area contributed by atoms with Gasteiger partial charge in [-0.15, -0.1) is 0 Å². The van der Waals surface area contributed by atoms with Gasteiger partial charge in [0.15, 0.2) is 0 Å². The van der Waals surface area contributed by atoms with Crippen LogP contribution in [0.2, 0.25) is 0 Å². The summed E-state index contributed by atoms with van der Waals surface area (Å²) in [6.07, 6.45) is 1.19. The van der Waals surface area contributed by atoms with Gasteiger partial charge in [0.1, 0.15) is 0 Å². The summed E-state index contributed by atoms with van der Waals surface area (Å²) in [6.45, 7) is 6.82. The summed E-state index contributed by atoms with van der Waals surface area (Å²) in [5.41, 5.74) is 7.43. The number of aromatic nitrogens is 1. The van der Waals surface area contributed by atoms with E-state index < -0.39 is 0 Å². The number of benzene rings is 2. The summed E-state index contributed by atoms with van der Waals surface area (Å²) in [5.74, 6) is -0.182. The minimum atomic E-state index is -0.263. The SMILES string of the molecule is CCc1[nH]c2c(CNC(=O)C[C@@H]3NC(=O)c4ccccc43)cc(C)cc2c1C. The molecule has 0 bridgehead atoms. The Morgan fingerprint density at radius 1 is 1.18 bits per heavy atom. The molecule has 0 saturated heterocycles. The predicted molar refractivity (Wildman–Crippen MR) is 110 cm³/mol. The zero-order chi connectivity index (χ0) is 19.8. The highest BCUT2D eigenvalue weighted by Gasteiger charge is 2.29. The molecule has 2 amide bonds. The van der Waals surface area contributed by atoms with Crippen molar-refractivity contribution in [2.24, 2.45) is 0 Å². The van der Waals surface area contributed by atoms with Crippen molar-refractivity contribution in [3.63, 3.8) is 0 Å². The second kappa shape index (κ2) is 7.15. The second-order valence-electron chi connectivity index (χ2n) is 7.52. The van der Waals surface area contributed by atoms with E-state index in [1.807, 2.05) is 18.2 Å². The van der Waals surface area contributed by atoms with Gasteiger partial charge < -0.3 is 15.6 Å². The summed E-state index contributed by atoms with van der Waals surface area (Å²) in [4.78, 5) is 28.1. The number of fused-ring (bicyclic) bond motifs is 2. The van der Waals surface area contributed by atoms with E-state index >= 15 is 0 Å². The van der Waals surface area contributed by atoms with Crippen molar-refractivity contribution in [3.05, 3.63) is 69.9 Å². The first-order valence-electron chi connectivity index (χ1n) is 9.75. The van der Waals surface area contributed by atoms with Crippen LogP contribution in [0.25, 0.3) is 10.9 Å². The number of hydrogen-bond donors (Lipinski definition) is 3. The molecule has 144 valence electrons. The van der Waals surface area contributed by atoms with Crippen LogP contribution in [0.1, 0.15) is 57.7 Å². The number of hydrogen-bond acceptors (Lipinski definition) is 2. The Morgan fingerprint density at radius 2 is 1.96 bits per heavy atom. The number of amides is 2. The van der Waals surface area contributed by atoms with Gasteiger partial charge in [-0.05, 0) is 49.1 Å². The van der Waals surface area contributed by atoms with Crippen molar-refractivity contribution in [1.29, 1.82) is 0 Å².